The van der Waals surface area contributed by atoms with E-state index in [2.05, 4.69) is 5.32 Å². The van der Waals surface area contributed by atoms with Crippen LogP contribution in [0.15, 0.2) is 41.3 Å². The molecule has 0 bridgehead atoms. The Balaban J connectivity index is 2.10. The summed E-state index contributed by atoms with van der Waals surface area (Å²) in [6, 6.07) is 9.21. The van der Waals surface area contributed by atoms with Gasteiger partial charge in [0.2, 0.25) is 10.0 Å². The van der Waals surface area contributed by atoms with Gasteiger partial charge in [-0.1, -0.05) is 29.3 Å². The second-order valence-corrected chi connectivity index (χ2v) is 8.64. The number of carbonyl (C=O) groups is 1. The van der Waals surface area contributed by atoms with E-state index in [4.69, 9.17) is 27.9 Å². The number of ether oxygens (including phenoxy) is 1. The zero-order valence-corrected chi connectivity index (χ0v) is 16.7. The molecule has 0 heterocycles. The molecule has 0 spiro atoms. The summed E-state index contributed by atoms with van der Waals surface area (Å²) < 4.78 is 30.9. The number of rotatable bonds is 6. The molecule has 0 atom stereocenters. The topological polar surface area (TPSA) is 75.7 Å². The molecule has 6 nitrogen and oxygen atoms in total. The van der Waals surface area contributed by atoms with Crippen molar-refractivity contribution in [3.8, 4) is 5.75 Å². The van der Waals surface area contributed by atoms with Crippen LogP contribution in [0.3, 0.4) is 0 Å². The highest BCUT2D eigenvalue weighted by atomic mass is 35.5. The lowest BCUT2D eigenvalue weighted by molar-refractivity contribution is -0.118. The predicted octanol–water partition coefficient (Wildman–Crippen LogP) is 3.57. The average molecular weight is 417 g/mol. The van der Waals surface area contributed by atoms with Crippen molar-refractivity contribution < 1.29 is 17.9 Å². The highest BCUT2D eigenvalue weighted by Gasteiger charge is 2.18. The van der Waals surface area contributed by atoms with E-state index >= 15 is 0 Å². The minimum Gasteiger partial charge on any atom is -0.484 e. The molecule has 140 valence electrons. The summed E-state index contributed by atoms with van der Waals surface area (Å²) in [5.74, 6) is -0.0335. The highest BCUT2D eigenvalue weighted by Crippen LogP contribution is 2.26. The third kappa shape index (κ3) is 4.88. The maximum atomic E-state index is 12.2. The molecule has 0 aromatic heterocycles. The SMILES string of the molecule is Cc1ccc(S(=O)(=O)N(C)C)cc1NC(=O)COc1ccc(Cl)c(Cl)c1. The van der Waals surface area contributed by atoms with E-state index in [1.807, 2.05) is 0 Å². The fourth-order valence-corrected chi connectivity index (χ4v) is 3.23. The molecule has 2 rings (SSSR count). The minimum absolute atomic E-state index is 0.0915. The van der Waals surface area contributed by atoms with Crippen molar-refractivity contribution in [2.75, 3.05) is 26.0 Å². The van der Waals surface area contributed by atoms with Crippen molar-refractivity contribution in [2.45, 2.75) is 11.8 Å². The van der Waals surface area contributed by atoms with Gasteiger partial charge in [-0.15, -0.1) is 0 Å². The third-order valence-electron chi connectivity index (χ3n) is 3.52. The molecule has 0 aliphatic heterocycles. The number of nitrogens with zero attached hydrogens (tertiary/aromatic N) is 1. The van der Waals surface area contributed by atoms with Crippen molar-refractivity contribution in [2.24, 2.45) is 0 Å². The Kier molecular flexibility index (Phi) is 6.52. The Morgan fingerprint density at radius 3 is 2.42 bits per heavy atom. The van der Waals surface area contributed by atoms with Crippen LogP contribution in [0.2, 0.25) is 10.0 Å². The number of aryl methyl sites for hydroxylation is 1. The van der Waals surface area contributed by atoms with Crippen LogP contribution >= 0.6 is 23.2 Å². The van der Waals surface area contributed by atoms with E-state index in [0.29, 0.717) is 21.5 Å². The van der Waals surface area contributed by atoms with Crippen molar-refractivity contribution in [3.63, 3.8) is 0 Å². The molecule has 0 unspecified atom stereocenters. The lowest BCUT2D eigenvalue weighted by atomic mass is 10.2. The number of carbonyl (C=O) groups excluding carboxylic acids is 1. The van der Waals surface area contributed by atoms with Gasteiger partial charge >= 0.3 is 0 Å². The van der Waals surface area contributed by atoms with Crippen LogP contribution in [0.4, 0.5) is 5.69 Å². The number of hydrogen-bond acceptors (Lipinski definition) is 4. The molecule has 0 saturated heterocycles. The molecule has 1 N–H and O–H groups in total. The second kappa shape index (κ2) is 8.26. The van der Waals surface area contributed by atoms with Crippen LogP contribution in [0.1, 0.15) is 5.56 Å². The molecule has 26 heavy (non-hydrogen) atoms. The highest BCUT2D eigenvalue weighted by molar-refractivity contribution is 7.89. The van der Waals surface area contributed by atoms with Gasteiger partial charge < -0.3 is 10.1 Å². The smallest absolute Gasteiger partial charge is 0.262 e. The molecule has 0 saturated carbocycles. The van der Waals surface area contributed by atoms with Gasteiger partial charge in [-0.25, -0.2) is 12.7 Å². The quantitative estimate of drug-likeness (QED) is 0.780. The minimum atomic E-state index is -3.59. The van der Waals surface area contributed by atoms with E-state index in [1.165, 1.54) is 32.3 Å². The number of nitrogens with one attached hydrogen (secondary N) is 1. The Labute approximate surface area is 162 Å². The summed E-state index contributed by atoms with van der Waals surface area (Å²) in [4.78, 5) is 12.2. The van der Waals surface area contributed by atoms with Crippen molar-refractivity contribution in [1.82, 2.24) is 4.31 Å². The number of sulfonamides is 1. The first-order valence-electron chi connectivity index (χ1n) is 7.52. The van der Waals surface area contributed by atoms with Crippen LogP contribution in [-0.2, 0) is 14.8 Å². The maximum absolute atomic E-state index is 12.2. The van der Waals surface area contributed by atoms with Crippen LogP contribution < -0.4 is 10.1 Å². The molecular weight excluding hydrogens is 399 g/mol. The zero-order chi connectivity index (χ0) is 19.5. The average Bonchev–Trinajstić information content (AvgIpc) is 2.57. The summed E-state index contributed by atoms with van der Waals surface area (Å²) in [6.07, 6.45) is 0. The van der Waals surface area contributed by atoms with Gasteiger partial charge in [0, 0.05) is 25.8 Å². The fourth-order valence-electron chi connectivity index (χ4n) is 2.01. The molecule has 9 heteroatoms. The molecule has 0 radical (unpaired) electrons. The van der Waals surface area contributed by atoms with E-state index in [-0.39, 0.29) is 11.5 Å². The number of halogens is 2. The van der Waals surface area contributed by atoms with Gasteiger partial charge in [0.1, 0.15) is 5.75 Å². The second-order valence-electron chi connectivity index (χ2n) is 5.68. The summed E-state index contributed by atoms with van der Waals surface area (Å²) in [5, 5.41) is 3.36. The van der Waals surface area contributed by atoms with Gasteiger partial charge in [0.05, 0.1) is 14.9 Å². The third-order valence-corrected chi connectivity index (χ3v) is 6.07. The number of hydrogen-bond donors (Lipinski definition) is 1. The van der Waals surface area contributed by atoms with Crippen molar-refractivity contribution >= 4 is 44.8 Å². The first-order valence-corrected chi connectivity index (χ1v) is 9.71. The van der Waals surface area contributed by atoms with Gasteiger partial charge in [-0.3, -0.25) is 4.79 Å². The maximum Gasteiger partial charge on any atom is 0.262 e. The van der Waals surface area contributed by atoms with Crippen molar-refractivity contribution in [3.05, 3.63) is 52.0 Å². The number of amides is 1. The Morgan fingerprint density at radius 2 is 1.81 bits per heavy atom. The summed E-state index contributed by atoms with van der Waals surface area (Å²) in [5.41, 5.74) is 1.13. The molecule has 1 amide bonds. The van der Waals surface area contributed by atoms with Crippen LogP contribution in [-0.4, -0.2) is 39.3 Å². The van der Waals surface area contributed by atoms with Gasteiger partial charge in [0.15, 0.2) is 6.61 Å². The van der Waals surface area contributed by atoms with Crippen molar-refractivity contribution in [1.29, 1.82) is 0 Å². The zero-order valence-electron chi connectivity index (χ0n) is 14.4. The largest absolute Gasteiger partial charge is 0.484 e. The lowest BCUT2D eigenvalue weighted by Crippen LogP contribution is -2.23. The summed E-state index contributed by atoms with van der Waals surface area (Å²) >= 11 is 11.7. The molecule has 0 fully saturated rings. The van der Waals surface area contributed by atoms with E-state index in [1.54, 1.807) is 25.1 Å². The van der Waals surface area contributed by atoms with E-state index < -0.39 is 15.9 Å². The lowest BCUT2D eigenvalue weighted by Gasteiger charge is -2.14. The van der Waals surface area contributed by atoms with E-state index in [0.717, 1.165) is 9.87 Å². The fraction of sp³-hybridized carbons (Fsp3) is 0.235. The van der Waals surface area contributed by atoms with Crippen LogP contribution in [0, 0.1) is 6.92 Å². The normalized spacial score (nSPS) is 11.5. The Morgan fingerprint density at radius 1 is 1.12 bits per heavy atom. The van der Waals surface area contributed by atoms with Gasteiger partial charge in [-0.05, 0) is 36.8 Å². The Bertz CT molecular complexity index is 930. The first-order chi connectivity index (χ1) is 12.1. The summed E-state index contributed by atoms with van der Waals surface area (Å²) in [7, 11) is -0.706. The summed E-state index contributed by atoms with van der Waals surface area (Å²) in [6.45, 7) is 1.50. The Hall–Kier alpha value is -1.80. The monoisotopic (exact) mass is 416 g/mol. The predicted molar refractivity (Wildman–Crippen MR) is 103 cm³/mol. The van der Waals surface area contributed by atoms with Crippen LogP contribution in [0.5, 0.6) is 5.75 Å². The molecule has 0 aliphatic carbocycles. The number of benzene rings is 2. The standard InChI is InChI=1S/C17H18Cl2N2O4S/c1-11-4-6-13(26(23,24)21(2)3)9-16(11)20-17(22)10-25-12-5-7-14(18)15(19)8-12/h4-9H,10H2,1-3H3,(H,20,22). The van der Waals surface area contributed by atoms with Gasteiger partial charge in [0.25, 0.3) is 5.91 Å². The molecule has 2 aromatic carbocycles. The van der Waals surface area contributed by atoms with Gasteiger partial charge in [-0.2, -0.15) is 0 Å². The van der Waals surface area contributed by atoms with Crippen LogP contribution in [0.25, 0.3) is 0 Å². The first kappa shape index (κ1) is 20.5. The molecule has 0 aliphatic rings. The van der Waals surface area contributed by atoms with E-state index in [9.17, 15) is 13.2 Å². The molecule has 2 aromatic rings. The molecular formula is C17H18Cl2N2O4S. The number of anilines is 1.